The number of hydrogen-bond acceptors (Lipinski definition) is 4. The van der Waals surface area contributed by atoms with Gasteiger partial charge < -0.3 is 5.32 Å². The molecule has 1 atom stereocenters. The zero-order valence-corrected chi connectivity index (χ0v) is 14.9. The van der Waals surface area contributed by atoms with E-state index >= 15 is 0 Å². The lowest BCUT2D eigenvalue weighted by atomic mass is 10.1. The van der Waals surface area contributed by atoms with Crippen molar-refractivity contribution >= 4 is 26.7 Å². The molecule has 0 aliphatic heterocycles. The Kier molecular flexibility index (Phi) is 5.15. The lowest BCUT2D eigenvalue weighted by Gasteiger charge is -2.09. The van der Waals surface area contributed by atoms with Crippen LogP contribution in [0.3, 0.4) is 0 Å². The quantitative estimate of drug-likeness (QED) is 0.668. The number of anilines is 2. The standard InChI is InChI=1S/C18H15F3N4OS/c1-27(22,26)10-11-3-2-4-13(7-11)24-18-23-9-16(21)17(25-18)14-6-5-12(19)8-15(14)20/h2-10H,1H3,(H2,22,26)(H,23,24,25). The molecule has 9 heteroatoms. The molecule has 3 rings (SSSR count). The Morgan fingerprint density at radius 1 is 1.11 bits per heavy atom. The van der Waals surface area contributed by atoms with Gasteiger partial charge in [0.15, 0.2) is 5.82 Å². The minimum atomic E-state index is -2.58. The second-order valence-corrected chi connectivity index (χ2v) is 8.02. The highest BCUT2D eigenvalue weighted by molar-refractivity contribution is 7.98. The van der Waals surface area contributed by atoms with Crippen LogP contribution in [0.15, 0.2) is 48.7 Å². The number of nitrogens with two attached hydrogens (primary N) is 1. The van der Waals surface area contributed by atoms with Crippen molar-refractivity contribution in [1.82, 2.24) is 9.97 Å². The molecule has 140 valence electrons. The summed E-state index contributed by atoms with van der Waals surface area (Å²) >= 11 is 0. The van der Waals surface area contributed by atoms with Gasteiger partial charge in [-0.05, 0) is 29.8 Å². The fraction of sp³-hybridized carbons (Fsp3) is 0.0556. The Labute approximate surface area is 154 Å². The molecule has 0 bridgehead atoms. The lowest BCUT2D eigenvalue weighted by molar-refractivity contribution is 0.580. The molecule has 0 saturated heterocycles. The van der Waals surface area contributed by atoms with Gasteiger partial charge in [-0.25, -0.2) is 23.1 Å². The molecule has 27 heavy (non-hydrogen) atoms. The second-order valence-electron chi connectivity index (χ2n) is 5.85. The second kappa shape index (κ2) is 7.37. The van der Waals surface area contributed by atoms with Crippen LogP contribution in [-0.2, 0) is 9.71 Å². The van der Waals surface area contributed by atoms with Gasteiger partial charge in [0.05, 0.1) is 6.20 Å². The van der Waals surface area contributed by atoms with E-state index in [1.54, 1.807) is 24.3 Å². The molecule has 0 radical (unpaired) electrons. The lowest BCUT2D eigenvalue weighted by Crippen LogP contribution is -2.13. The van der Waals surface area contributed by atoms with E-state index in [1.165, 1.54) is 11.6 Å². The largest absolute Gasteiger partial charge is 0.324 e. The van der Waals surface area contributed by atoms with E-state index in [4.69, 9.17) is 5.14 Å². The Balaban J connectivity index is 1.96. The minimum Gasteiger partial charge on any atom is -0.324 e. The van der Waals surface area contributed by atoms with Gasteiger partial charge in [0.25, 0.3) is 0 Å². The van der Waals surface area contributed by atoms with Crippen molar-refractivity contribution in [2.24, 2.45) is 5.14 Å². The van der Waals surface area contributed by atoms with Crippen molar-refractivity contribution in [1.29, 1.82) is 0 Å². The highest BCUT2D eigenvalue weighted by Gasteiger charge is 2.14. The first-order chi connectivity index (χ1) is 12.7. The zero-order chi connectivity index (χ0) is 19.6. The molecule has 0 aliphatic rings. The normalized spacial score (nSPS) is 13.1. The summed E-state index contributed by atoms with van der Waals surface area (Å²) in [6.45, 7) is 0. The first-order valence-electron chi connectivity index (χ1n) is 7.68. The molecule has 0 saturated carbocycles. The van der Waals surface area contributed by atoms with Crippen molar-refractivity contribution < 1.29 is 17.4 Å². The van der Waals surface area contributed by atoms with Gasteiger partial charge in [-0.1, -0.05) is 12.1 Å². The molecular weight excluding hydrogens is 377 g/mol. The molecular formula is C18H15F3N4OS. The summed E-state index contributed by atoms with van der Waals surface area (Å²) in [5, 5.41) is 9.80. The molecule has 0 fully saturated rings. The monoisotopic (exact) mass is 392 g/mol. The number of rotatable bonds is 4. The van der Waals surface area contributed by atoms with Gasteiger partial charge >= 0.3 is 0 Å². The summed E-state index contributed by atoms with van der Waals surface area (Å²) in [7, 11) is -2.58. The average Bonchev–Trinajstić information content (AvgIpc) is 2.56. The van der Waals surface area contributed by atoms with E-state index in [-0.39, 0.29) is 17.2 Å². The van der Waals surface area contributed by atoms with E-state index < -0.39 is 27.2 Å². The summed E-state index contributed by atoms with van der Waals surface area (Å²) in [6, 6.07) is 9.53. The van der Waals surface area contributed by atoms with Gasteiger partial charge in [-0.2, -0.15) is 0 Å². The third-order valence-electron chi connectivity index (χ3n) is 3.44. The zero-order valence-electron chi connectivity index (χ0n) is 14.1. The average molecular weight is 392 g/mol. The molecule has 3 aromatic rings. The molecule has 0 aliphatic carbocycles. The summed E-state index contributed by atoms with van der Waals surface area (Å²) in [4.78, 5) is 7.81. The highest BCUT2D eigenvalue weighted by atomic mass is 32.2. The van der Waals surface area contributed by atoms with Crippen LogP contribution in [0.4, 0.5) is 24.8 Å². The van der Waals surface area contributed by atoms with E-state index in [0.717, 1.165) is 18.3 Å². The Morgan fingerprint density at radius 3 is 2.59 bits per heavy atom. The first-order valence-corrected chi connectivity index (χ1v) is 9.77. The van der Waals surface area contributed by atoms with Crippen molar-refractivity contribution in [2.45, 2.75) is 0 Å². The smallest absolute Gasteiger partial charge is 0.227 e. The highest BCUT2D eigenvalue weighted by Crippen LogP contribution is 2.25. The van der Waals surface area contributed by atoms with Crippen LogP contribution in [0.1, 0.15) is 5.56 Å². The minimum absolute atomic E-state index is 0.0113. The maximum atomic E-state index is 14.1. The number of nitrogens with one attached hydrogen (secondary N) is 1. The third-order valence-corrected chi connectivity index (χ3v) is 4.18. The van der Waals surface area contributed by atoms with Crippen molar-refractivity contribution in [3.05, 3.63) is 71.7 Å². The van der Waals surface area contributed by atoms with Crippen LogP contribution in [0.5, 0.6) is 0 Å². The molecule has 0 spiro atoms. The van der Waals surface area contributed by atoms with Gasteiger partial charge in [0.1, 0.15) is 17.3 Å². The van der Waals surface area contributed by atoms with E-state index in [9.17, 15) is 17.4 Å². The molecule has 2 aromatic carbocycles. The maximum Gasteiger partial charge on any atom is 0.227 e. The fourth-order valence-electron chi connectivity index (χ4n) is 2.39. The van der Waals surface area contributed by atoms with Crippen LogP contribution in [0.25, 0.3) is 11.3 Å². The Morgan fingerprint density at radius 2 is 1.89 bits per heavy atom. The van der Waals surface area contributed by atoms with Crippen LogP contribution < -0.4 is 10.5 Å². The predicted molar refractivity (Wildman–Crippen MR) is 100 cm³/mol. The van der Waals surface area contributed by atoms with E-state index in [2.05, 4.69) is 15.3 Å². The van der Waals surface area contributed by atoms with Crippen molar-refractivity contribution in [2.75, 3.05) is 11.6 Å². The summed E-state index contributed by atoms with van der Waals surface area (Å²) in [5.41, 5.74) is 0.660. The Hall–Kier alpha value is -2.91. The number of aromatic nitrogens is 2. The SMILES string of the molecule is CS(N)(=O)=Cc1cccc(Nc2ncc(F)c(-c3ccc(F)cc3F)n2)c1. The molecule has 1 aromatic heterocycles. The molecule has 0 amide bonds. The van der Waals surface area contributed by atoms with E-state index in [1.807, 2.05) is 0 Å². The van der Waals surface area contributed by atoms with Crippen molar-refractivity contribution in [3.63, 3.8) is 0 Å². The number of hydrogen-bond donors (Lipinski definition) is 2. The van der Waals surface area contributed by atoms with Gasteiger partial charge in [-0.15, -0.1) is 0 Å². The van der Waals surface area contributed by atoms with Crippen LogP contribution in [0, 0.1) is 17.5 Å². The number of nitrogens with zero attached hydrogens (tertiary/aromatic N) is 2. The van der Waals surface area contributed by atoms with Crippen LogP contribution in [0.2, 0.25) is 0 Å². The topological polar surface area (TPSA) is 80.9 Å². The maximum absolute atomic E-state index is 14.1. The van der Waals surface area contributed by atoms with E-state index in [0.29, 0.717) is 17.3 Å². The first kappa shape index (κ1) is 18.9. The fourth-order valence-corrected chi connectivity index (χ4v) is 3.07. The number of halogens is 3. The van der Waals surface area contributed by atoms with Gasteiger partial charge in [0.2, 0.25) is 5.95 Å². The Bertz CT molecular complexity index is 1120. The van der Waals surface area contributed by atoms with Crippen molar-refractivity contribution in [3.8, 4) is 11.3 Å². The van der Waals surface area contributed by atoms with Gasteiger partial charge in [0, 0.05) is 38.6 Å². The van der Waals surface area contributed by atoms with Gasteiger partial charge in [-0.3, -0.25) is 9.35 Å². The summed E-state index contributed by atoms with van der Waals surface area (Å²) in [6.07, 6.45) is 2.29. The molecule has 1 unspecified atom stereocenters. The van der Waals surface area contributed by atoms with Crippen LogP contribution >= 0.6 is 0 Å². The summed E-state index contributed by atoms with van der Waals surface area (Å²) < 4.78 is 52.8. The molecule has 5 nitrogen and oxygen atoms in total. The molecule has 3 N–H and O–H groups in total. The van der Waals surface area contributed by atoms with Crippen LogP contribution in [-0.4, -0.2) is 25.8 Å². The molecule has 1 heterocycles. The predicted octanol–water partition coefficient (Wildman–Crippen LogP) is 3.24. The summed E-state index contributed by atoms with van der Waals surface area (Å²) in [5.74, 6) is -2.54. The third kappa shape index (κ3) is 4.83. The number of benzene rings is 2.